The fraction of sp³-hybridized carbons (Fsp3) is 0.429. The summed E-state index contributed by atoms with van der Waals surface area (Å²) in [6.07, 6.45) is 0. The van der Waals surface area contributed by atoms with Crippen molar-refractivity contribution in [3.63, 3.8) is 0 Å². The van der Waals surface area contributed by atoms with Crippen LogP contribution in [0.3, 0.4) is 0 Å². The lowest BCUT2D eigenvalue weighted by Crippen LogP contribution is -2.40. The van der Waals surface area contributed by atoms with E-state index in [1.54, 1.807) is 12.1 Å². The number of nitrogens with two attached hydrogens (primary N) is 1. The van der Waals surface area contributed by atoms with Crippen LogP contribution in [0.1, 0.15) is 29.8 Å². The lowest BCUT2D eigenvalue weighted by atomic mass is 10.1. The van der Waals surface area contributed by atoms with E-state index in [2.05, 4.69) is 15.9 Å². The van der Waals surface area contributed by atoms with Gasteiger partial charge in [0.1, 0.15) is 0 Å². The molecular formula is C14H19BrN2O2. The largest absolute Gasteiger partial charge is 0.368 e. The van der Waals surface area contributed by atoms with Gasteiger partial charge < -0.3 is 10.6 Å². The first kappa shape index (κ1) is 15.7. The molecule has 0 radical (unpaired) electrons. The molecule has 0 heterocycles. The quantitative estimate of drug-likeness (QED) is 0.902. The van der Waals surface area contributed by atoms with Crippen LogP contribution in [0.4, 0.5) is 0 Å². The van der Waals surface area contributed by atoms with Crippen molar-refractivity contribution >= 4 is 27.7 Å². The number of rotatable bonds is 5. The van der Waals surface area contributed by atoms with Crippen LogP contribution in [0.15, 0.2) is 22.7 Å². The molecule has 1 aromatic rings. The standard InChI is InChI=1S/C14H19BrN2O2/c1-9(2)7-17(8-13(16)18)14(19)11-5-4-10(3)12(15)6-11/h4-6,9H,7-8H2,1-3H3,(H2,16,18). The van der Waals surface area contributed by atoms with Gasteiger partial charge in [-0.05, 0) is 30.5 Å². The van der Waals surface area contributed by atoms with Crippen LogP contribution in [-0.2, 0) is 4.79 Å². The molecule has 5 heteroatoms. The SMILES string of the molecule is Cc1ccc(C(=O)N(CC(N)=O)CC(C)C)cc1Br. The highest BCUT2D eigenvalue weighted by molar-refractivity contribution is 9.10. The van der Waals surface area contributed by atoms with Crippen molar-refractivity contribution in [2.45, 2.75) is 20.8 Å². The van der Waals surface area contributed by atoms with Gasteiger partial charge in [-0.15, -0.1) is 0 Å². The van der Waals surface area contributed by atoms with Crippen LogP contribution in [0.5, 0.6) is 0 Å². The molecule has 19 heavy (non-hydrogen) atoms. The highest BCUT2D eigenvalue weighted by atomic mass is 79.9. The van der Waals surface area contributed by atoms with E-state index < -0.39 is 5.91 Å². The first-order chi connectivity index (χ1) is 8.81. The fourth-order valence-electron chi connectivity index (χ4n) is 1.76. The molecule has 0 bridgehead atoms. The normalized spacial score (nSPS) is 10.6. The van der Waals surface area contributed by atoms with E-state index in [1.807, 2.05) is 26.8 Å². The summed E-state index contributed by atoms with van der Waals surface area (Å²) in [5.74, 6) is -0.398. The molecule has 0 aromatic heterocycles. The average molecular weight is 327 g/mol. The number of nitrogens with zero attached hydrogens (tertiary/aromatic N) is 1. The predicted octanol–water partition coefficient (Wildman–Crippen LogP) is 2.34. The predicted molar refractivity (Wildman–Crippen MR) is 78.8 cm³/mol. The summed E-state index contributed by atoms with van der Waals surface area (Å²) in [7, 11) is 0. The molecule has 0 atom stereocenters. The Hall–Kier alpha value is -1.36. The fourth-order valence-corrected chi connectivity index (χ4v) is 2.14. The molecular weight excluding hydrogens is 308 g/mol. The molecule has 0 aliphatic heterocycles. The van der Waals surface area contributed by atoms with Crippen LogP contribution < -0.4 is 5.73 Å². The minimum atomic E-state index is -0.500. The van der Waals surface area contributed by atoms with Crippen molar-refractivity contribution in [2.24, 2.45) is 11.7 Å². The summed E-state index contributed by atoms with van der Waals surface area (Å²) in [6.45, 7) is 6.39. The average Bonchev–Trinajstić information content (AvgIpc) is 2.29. The monoisotopic (exact) mass is 326 g/mol. The minimum absolute atomic E-state index is 0.0531. The van der Waals surface area contributed by atoms with Crippen molar-refractivity contribution in [3.05, 3.63) is 33.8 Å². The molecule has 4 nitrogen and oxygen atoms in total. The van der Waals surface area contributed by atoms with Crippen molar-refractivity contribution in [3.8, 4) is 0 Å². The molecule has 1 aromatic carbocycles. The number of benzene rings is 1. The first-order valence-electron chi connectivity index (χ1n) is 6.15. The van der Waals surface area contributed by atoms with E-state index in [-0.39, 0.29) is 18.4 Å². The summed E-state index contributed by atoms with van der Waals surface area (Å²) >= 11 is 3.40. The van der Waals surface area contributed by atoms with Gasteiger partial charge in [0.2, 0.25) is 5.91 Å². The van der Waals surface area contributed by atoms with E-state index in [0.717, 1.165) is 10.0 Å². The topological polar surface area (TPSA) is 63.4 Å². The third-order valence-corrected chi connectivity index (χ3v) is 3.49. The molecule has 0 aliphatic carbocycles. The molecule has 0 saturated heterocycles. The van der Waals surface area contributed by atoms with Gasteiger partial charge in [-0.2, -0.15) is 0 Å². The summed E-state index contributed by atoms with van der Waals surface area (Å²) < 4.78 is 0.877. The van der Waals surface area contributed by atoms with Gasteiger partial charge in [0, 0.05) is 16.6 Å². The van der Waals surface area contributed by atoms with Crippen LogP contribution in [0.25, 0.3) is 0 Å². The van der Waals surface area contributed by atoms with Crippen molar-refractivity contribution < 1.29 is 9.59 Å². The Morgan fingerprint density at radius 1 is 1.37 bits per heavy atom. The zero-order chi connectivity index (χ0) is 14.6. The maximum absolute atomic E-state index is 12.4. The maximum Gasteiger partial charge on any atom is 0.254 e. The van der Waals surface area contributed by atoms with Gasteiger partial charge in [-0.3, -0.25) is 9.59 Å². The van der Waals surface area contributed by atoms with Crippen molar-refractivity contribution in [2.75, 3.05) is 13.1 Å². The second kappa shape index (κ2) is 6.70. The van der Waals surface area contributed by atoms with Gasteiger partial charge in [0.15, 0.2) is 0 Å². The summed E-state index contributed by atoms with van der Waals surface area (Å²) in [4.78, 5) is 24.9. The molecule has 2 N–H and O–H groups in total. The number of carbonyl (C=O) groups is 2. The Morgan fingerprint density at radius 3 is 2.47 bits per heavy atom. The molecule has 0 unspecified atom stereocenters. The molecule has 2 amide bonds. The third-order valence-electron chi connectivity index (χ3n) is 2.64. The number of aryl methyl sites for hydroxylation is 1. The zero-order valence-corrected chi connectivity index (χ0v) is 13.0. The van der Waals surface area contributed by atoms with E-state index >= 15 is 0 Å². The number of amides is 2. The van der Waals surface area contributed by atoms with Gasteiger partial charge >= 0.3 is 0 Å². The molecule has 0 aliphatic rings. The Labute approximate surface area is 122 Å². The molecule has 0 spiro atoms. The van der Waals surface area contributed by atoms with E-state index in [1.165, 1.54) is 4.90 Å². The number of primary amides is 1. The van der Waals surface area contributed by atoms with Crippen LogP contribution in [0, 0.1) is 12.8 Å². The maximum atomic E-state index is 12.4. The van der Waals surface area contributed by atoms with Crippen LogP contribution in [0.2, 0.25) is 0 Å². The number of hydrogen-bond acceptors (Lipinski definition) is 2. The van der Waals surface area contributed by atoms with Gasteiger partial charge in [-0.1, -0.05) is 35.8 Å². The summed E-state index contributed by atoms with van der Waals surface area (Å²) in [5.41, 5.74) is 6.81. The van der Waals surface area contributed by atoms with Crippen molar-refractivity contribution in [1.29, 1.82) is 0 Å². The molecule has 0 saturated carbocycles. The van der Waals surface area contributed by atoms with E-state index in [0.29, 0.717) is 12.1 Å². The smallest absolute Gasteiger partial charge is 0.254 e. The summed E-state index contributed by atoms with van der Waals surface area (Å²) in [5, 5.41) is 0. The highest BCUT2D eigenvalue weighted by Crippen LogP contribution is 2.19. The first-order valence-corrected chi connectivity index (χ1v) is 6.94. The molecule has 1 rings (SSSR count). The van der Waals surface area contributed by atoms with E-state index in [9.17, 15) is 9.59 Å². The Bertz CT molecular complexity index is 486. The lowest BCUT2D eigenvalue weighted by molar-refractivity contribution is -0.118. The number of halogens is 1. The Morgan fingerprint density at radius 2 is 2.00 bits per heavy atom. The Balaban J connectivity index is 2.97. The zero-order valence-electron chi connectivity index (χ0n) is 11.4. The molecule has 0 fully saturated rings. The molecule has 104 valence electrons. The number of hydrogen-bond donors (Lipinski definition) is 1. The van der Waals surface area contributed by atoms with E-state index in [4.69, 9.17) is 5.73 Å². The van der Waals surface area contributed by atoms with Gasteiger partial charge in [0.25, 0.3) is 5.91 Å². The third kappa shape index (κ3) is 4.67. The summed E-state index contributed by atoms with van der Waals surface area (Å²) in [6, 6.07) is 5.40. The second-order valence-electron chi connectivity index (χ2n) is 5.01. The highest BCUT2D eigenvalue weighted by Gasteiger charge is 2.19. The van der Waals surface area contributed by atoms with Crippen LogP contribution in [-0.4, -0.2) is 29.8 Å². The van der Waals surface area contributed by atoms with Crippen molar-refractivity contribution in [1.82, 2.24) is 4.90 Å². The lowest BCUT2D eigenvalue weighted by Gasteiger charge is -2.23. The number of carbonyl (C=O) groups excluding carboxylic acids is 2. The van der Waals surface area contributed by atoms with Crippen LogP contribution >= 0.6 is 15.9 Å². The Kier molecular flexibility index (Phi) is 5.54. The van der Waals surface area contributed by atoms with Gasteiger partial charge in [-0.25, -0.2) is 0 Å². The minimum Gasteiger partial charge on any atom is -0.368 e. The second-order valence-corrected chi connectivity index (χ2v) is 5.86. The van der Waals surface area contributed by atoms with Gasteiger partial charge in [0.05, 0.1) is 6.54 Å².